The highest BCUT2D eigenvalue weighted by Crippen LogP contribution is 2.34. The number of ether oxygens (including phenoxy) is 2. The molecule has 0 saturated heterocycles. The molecule has 1 rings (SSSR count). The number of hydrogen-bond acceptors (Lipinski definition) is 4. The maximum Gasteiger partial charge on any atom is 0.574 e. The fourth-order valence-corrected chi connectivity index (χ4v) is 2.02. The third kappa shape index (κ3) is 5.10. The van der Waals surface area contributed by atoms with Crippen LogP contribution in [0.15, 0.2) is 6.07 Å². The van der Waals surface area contributed by atoms with Gasteiger partial charge in [0.25, 0.3) is 6.43 Å². The summed E-state index contributed by atoms with van der Waals surface area (Å²) in [4.78, 5) is 14.5. The topological polar surface area (TPSA) is 48.4 Å². The van der Waals surface area contributed by atoms with Crippen LogP contribution in [0.5, 0.6) is 5.88 Å². The van der Waals surface area contributed by atoms with Gasteiger partial charge in [-0.2, -0.15) is 0 Å². The number of pyridine rings is 1. The van der Waals surface area contributed by atoms with Gasteiger partial charge in [0.2, 0.25) is 5.88 Å². The normalized spacial score (nSPS) is 11.6. The van der Waals surface area contributed by atoms with Crippen molar-refractivity contribution in [3.63, 3.8) is 0 Å². The SMILES string of the molecule is COC(=O)Cc1cc(C(F)F)c(CBr)c(OC(F)(F)F)n1. The molecule has 10 heteroatoms. The fourth-order valence-electron chi connectivity index (χ4n) is 1.45. The molecule has 0 amide bonds. The van der Waals surface area contributed by atoms with Crippen LogP contribution in [0.25, 0.3) is 0 Å². The van der Waals surface area contributed by atoms with E-state index in [9.17, 15) is 26.7 Å². The number of aromatic nitrogens is 1. The minimum Gasteiger partial charge on any atom is -0.469 e. The number of carbonyl (C=O) groups excluding carboxylic acids is 1. The van der Waals surface area contributed by atoms with E-state index in [1.54, 1.807) is 0 Å². The largest absolute Gasteiger partial charge is 0.574 e. The van der Waals surface area contributed by atoms with Crippen molar-refractivity contribution in [2.24, 2.45) is 0 Å². The number of rotatable bonds is 5. The molecule has 118 valence electrons. The van der Waals surface area contributed by atoms with Crippen molar-refractivity contribution in [2.45, 2.75) is 24.5 Å². The number of halogens is 6. The second kappa shape index (κ2) is 7.01. The molecule has 1 heterocycles. The van der Waals surface area contributed by atoms with E-state index >= 15 is 0 Å². The molecule has 1 aromatic heterocycles. The molecule has 0 unspecified atom stereocenters. The number of esters is 1. The molecule has 0 aliphatic heterocycles. The fraction of sp³-hybridized carbons (Fsp3) is 0.455. The van der Waals surface area contributed by atoms with E-state index in [2.05, 4.69) is 30.4 Å². The van der Waals surface area contributed by atoms with Gasteiger partial charge in [0.1, 0.15) is 0 Å². The summed E-state index contributed by atoms with van der Waals surface area (Å²) in [5, 5.41) is -0.316. The summed E-state index contributed by atoms with van der Waals surface area (Å²) in [6.07, 6.45) is -8.69. The summed E-state index contributed by atoms with van der Waals surface area (Å²) in [7, 11) is 1.05. The van der Waals surface area contributed by atoms with Crippen LogP contribution in [0.4, 0.5) is 22.0 Å². The maximum absolute atomic E-state index is 12.9. The van der Waals surface area contributed by atoms with Crippen LogP contribution in [0.1, 0.15) is 23.2 Å². The molecule has 0 aliphatic carbocycles. The van der Waals surface area contributed by atoms with E-state index in [-0.39, 0.29) is 11.0 Å². The van der Waals surface area contributed by atoms with Gasteiger partial charge in [-0.25, -0.2) is 13.8 Å². The maximum atomic E-state index is 12.9. The predicted molar refractivity (Wildman–Crippen MR) is 64.2 cm³/mol. The molecule has 0 aliphatic rings. The molecule has 0 saturated carbocycles. The van der Waals surface area contributed by atoms with Gasteiger partial charge in [-0.15, -0.1) is 13.2 Å². The first-order chi connectivity index (χ1) is 9.67. The second-order valence-corrected chi connectivity index (χ2v) is 4.28. The Hall–Kier alpha value is -1.45. The highest BCUT2D eigenvalue weighted by atomic mass is 79.9. The summed E-state index contributed by atoms with van der Waals surface area (Å²) in [5.41, 5.74) is -1.43. The lowest BCUT2D eigenvalue weighted by molar-refractivity contribution is -0.276. The van der Waals surface area contributed by atoms with Crippen LogP contribution in [0.3, 0.4) is 0 Å². The lowest BCUT2D eigenvalue weighted by Gasteiger charge is -2.15. The zero-order valence-corrected chi connectivity index (χ0v) is 12.1. The van der Waals surface area contributed by atoms with Gasteiger partial charge in [0, 0.05) is 16.5 Å². The van der Waals surface area contributed by atoms with Gasteiger partial charge in [-0.05, 0) is 6.07 Å². The first kappa shape index (κ1) is 17.6. The zero-order chi connectivity index (χ0) is 16.2. The summed E-state index contributed by atoms with van der Waals surface area (Å²) >= 11 is 2.81. The second-order valence-electron chi connectivity index (χ2n) is 3.72. The Bertz CT molecular complexity index is 521. The molecular formula is C11H9BrF5NO3. The first-order valence-corrected chi connectivity index (χ1v) is 6.49. The number of methoxy groups -OCH3 is 1. The van der Waals surface area contributed by atoms with Crippen LogP contribution in [-0.4, -0.2) is 24.4 Å². The van der Waals surface area contributed by atoms with Crippen molar-refractivity contribution < 1.29 is 36.2 Å². The molecule has 0 spiro atoms. The van der Waals surface area contributed by atoms with Gasteiger partial charge in [-0.3, -0.25) is 4.79 Å². The van der Waals surface area contributed by atoms with Crippen molar-refractivity contribution in [3.8, 4) is 5.88 Å². The third-order valence-electron chi connectivity index (χ3n) is 2.31. The lowest BCUT2D eigenvalue weighted by Crippen LogP contribution is -2.20. The molecule has 0 N–H and O–H groups in total. The molecule has 0 atom stereocenters. The first-order valence-electron chi connectivity index (χ1n) is 5.37. The highest BCUT2D eigenvalue weighted by Gasteiger charge is 2.34. The molecule has 1 aromatic rings. The molecular weight excluding hydrogens is 369 g/mol. The third-order valence-corrected chi connectivity index (χ3v) is 2.87. The molecule has 0 radical (unpaired) electrons. The van der Waals surface area contributed by atoms with Crippen molar-refractivity contribution in [2.75, 3.05) is 7.11 Å². The quantitative estimate of drug-likeness (QED) is 0.447. The molecule has 21 heavy (non-hydrogen) atoms. The van der Waals surface area contributed by atoms with Gasteiger partial charge in [0.15, 0.2) is 0 Å². The number of carbonyl (C=O) groups is 1. The molecule has 0 fully saturated rings. The smallest absolute Gasteiger partial charge is 0.469 e. The van der Waals surface area contributed by atoms with Crippen LogP contribution >= 0.6 is 15.9 Å². The standard InChI is InChI=1S/C11H9BrF5NO3/c1-20-8(19)3-5-2-6(9(13)14)7(4-12)10(18-5)21-11(15,16)17/h2,9H,3-4H2,1H3. The minimum atomic E-state index is -5.09. The Morgan fingerprint density at radius 1 is 1.43 bits per heavy atom. The van der Waals surface area contributed by atoms with Gasteiger partial charge in [-0.1, -0.05) is 15.9 Å². The monoisotopic (exact) mass is 377 g/mol. The van der Waals surface area contributed by atoms with E-state index in [0.29, 0.717) is 0 Å². The highest BCUT2D eigenvalue weighted by molar-refractivity contribution is 9.08. The van der Waals surface area contributed by atoms with Crippen LogP contribution in [-0.2, 0) is 21.3 Å². The summed E-state index contributed by atoms with van der Waals surface area (Å²) < 4.78 is 70.7. The zero-order valence-electron chi connectivity index (χ0n) is 10.5. The summed E-state index contributed by atoms with van der Waals surface area (Å²) in [6.45, 7) is 0. The molecule has 0 aromatic carbocycles. The van der Waals surface area contributed by atoms with E-state index in [0.717, 1.165) is 13.2 Å². The Morgan fingerprint density at radius 3 is 2.48 bits per heavy atom. The average Bonchev–Trinajstić information content (AvgIpc) is 2.36. The van der Waals surface area contributed by atoms with Crippen molar-refractivity contribution >= 4 is 21.9 Å². The van der Waals surface area contributed by atoms with Crippen molar-refractivity contribution in [3.05, 3.63) is 22.9 Å². The summed E-state index contributed by atoms with van der Waals surface area (Å²) in [6, 6.07) is 0.849. The van der Waals surface area contributed by atoms with E-state index in [4.69, 9.17) is 0 Å². The van der Waals surface area contributed by atoms with E-state index in [1.807, 2.05) is 0 Å². The molecule has 4 nitrogen and oxygen atoms in total. The van der Waals surface area contributed by atoms with Crippen molar-refractivity contribution in [1.82, 2.24) is 4.98 Å². The number of nitrogens with zero attached hydrogens (tertiary/aromatic N) is 1. The van der Waals surface area contributed by atoms with Crippen LogP contribution in [0, 0.1) is 0 Å². The Labute approximate surface area is 124 Å². The Kier molecular flexibility index (Phi) is 5.87. The lowest BCUT2D eigenvalue weighted by atomic mass is 10.1. The minimum absolute atomic E-state index is 0.305. The molecule has 0 bridgehead atoms. The van der Waals surface area contributed by atoms with E-state index in [1.165, 1.54) is 0 Å². The number of alkyl halides is 6. The predicted octanol–water partition coefficient (Wildman–Crippen LogP) is 3.53. The van der Waals surface area contributed by atoms with E-state index < -0.39 is 42.2 Å². The average molecular weight is 378 g/mol. The Morgan fingerprint density at radius 2 is 2.05 bits per heavy atom. The van der Waals surface area contributed by atoms with Gasteiger partial charge >= 0.3 is 12.3 Å². The van der Waals surface area contributed by atoms with Gasteiger partial charge in [0.05, 0.1) is 19.2 Å². The van der Waals surface area contributed by atoms with Crippen LogP contribution in [0.2, 0.25) is 0 Å². The van der Waals surface area contributed by atoms with Crippen LogP contribution < -0.4 is 4.74 Å². The Balaban J connectivity index is 3.33. The van der Waals surface area contributed by atoms with Gasteiger partial charge < -0.3 is 9.47 Å². The number of hydrogen-bond donors (Lipinski definition) is 0. The summed E-state index contributed by atoms with van der Waals surface area (Å²) in [5.74, 6) is -1.84. The van der Waals surface area contributed by atoms with Crippen molar-refractivity contribution in [1.29, 1.82) is 0 Å².